The van der Waals surface area contributed by atoms with Gasteiger partial charge in [0.1, 0.15) is 11.5 Å². The Morgan fingerprint density at radius 2 is 1.70 bits per heavy atom. The SMILES string of the molecule is COc1ccc(C(Br)c2ccc(Br)cc2Cl)c(OC)c1. The highest BCUT2D eigenvalue weighted by atomic mass is 79.9. The van der Waals surface area contributed by atoms with Crippen LogP contribution < -0.4 is 9.47 Å². The van der Waals surface area contributed by atoms with Gasteiger partial charge in [-0.05, 0) is 23.8 Å². The first kappa shape index (κ1) is 15.7. The molecule has 1 atom stereocenters. The second kappa shape index (κ2) is 6.83. The summed E-state index contributed by atoms with van der Waals surface area (Å²) in [5.74, 6) is 1.51. The summed E-state index contributed by atoms with van der Waals surface area (Å²) in [5.41, 5.74) is 1.98. The molecule has 0 aromatic heterocycles. The topological polar surface area (TPSA) is 18.5 Å². The lowest BCUT2D eigenvalue weighted by atomic mass is 10.0. The third kappa shape index (κ3) is 3.30. The molecule has 0 radical (unpaired) electrons. The predicted molar refractivity (Wildman–Crippen MR) is 89.5 cm³/mol. The highest BCUT2D eigenvalue weighted by Gasteiger charge is 2.18. The second-order valence-electron chi connectivity index (χ2n) is 4.14. The van der Waals surface area contributed by atoms with Crippen molar-refractivity contribution in [3.8, 4) is 11.5 Å². The fourth-order valence-corrected chi connectivity index (χ4v) is 3.59. The Bertz CT molecular complexity index is 617. The van der Waals surface area contributed by atoms with Gasteiger partial charge in [-0.1, -0.05) is 55.6 Å². The van der Waals surface area contributed by atoms with Gasteiger partial charge in [0, 0.05) is 21.1 Å². The van der Waals surface area contributed by atoms with Crippen LogP contribution in [0.5, 0.6) is 11.5 Å². The molecule has 0 heterocycles. The molecule has 0 saturated heterocycles. The molecule has 0 N–H and O–H groups in total. The minimum atomic E-state index is -0.0519. The number of hydrogen-bond donors (Lipinski definition) is 0. The van der Waals surface area contributed by atoms with E-state index in [2.05, 4.69) is 31.9 Å². The summed E-state index contributed by atoms with van der Waals surface area (Å²) < 4.78 is 11.6. The molecule has 20 heavy (non-hydrogen) atoms. The molecule has 0 aliphatic carbocycles. The maximum Gasteiger partial charge on any atom is 0.127 e. The summed E-state index contributed by atoms with van der Waals surface area (Å²) in [7, 11) is 3.27. The van der Waals surface area contributed by atoms with Crippen molar-refractivity contribution >= 4 is 43.5 Å². The van der Waals surface area contributed by atoms with Gasteiger partial charge >= 0.3 is 0 Å². The summed E-state index contributed by atoms with van der Waals surface area (Å²) in [6.45, 7) is 0. The van der Waals surface area contributed by atoms with E-state index in [1.807, 2.05) is 36.4 Å². The summed E-state index contributed by atoms with van der Waals surface area (Å²) >= 11 is 13.4. The standard InChI is InChI=1S/C15H13Br2ClO2/c1-19-10-4-6-12(14(8-10)20-2)15(17)11-5-3-9(16)7-13(11)18/h3-8,15H,1-2H3. The van der Waals surface area contributed by atoms with Crippen LogP contribution in [0.25, 0.3) is 0 Å². The van der Waals surface area contributed by atoms with E-state index in [1.165, 1.54) is 0 Å². The van der Waals surface area contributed by atoms with Gasteiger partial charge in [0.2, 0.25) is 0 Å². The zero-order valence-corrected chi connectivity index (χ0v) is 14.9. The number of methoxy groups -OCH3 is 2. The first-order valence-corrected chi connectivity index (χ1v) is 7.96. The van der Waals surface area contributed by atoms with Gasteiger partial charge in [-0.25, -0.2) is 0 Å². The molecule has 2 rings (SSSR count). The van der Waals surface area contributed by atoms with Crippen LogP contribution in [0.4, 0.5) is 0 Å². The molecular formula is C15H13Br2ClO2. The fourth-order valence-electron chi connectivity index (χ4n) is 1.90. The predicted octanol–water partition coefficient (Wildman–Crippen LogP) is 5.60. The van der Waals surface area contributed by atoms with Crippen LogP contribution in [0.2, 0.25) is 5.02 Å². The highest BCUT2D eigenvalue weighted by molar-refractivity contribution is 9.10. The van der Waals surface area contributed by atoms with Crippen molar-refractivity contribution in [2.24, 2.45) is 0 Å². The number of benzene rings is 2. The number of halogens is 3. The van der Waals surface area contributed by atoms with E-state index in [4.69, 9.17) is 21.1 Å². The lowest BCUT2D eigenvalue weighted by Gasteiger charge is -2.17. The maximum atomic E-state index is 6.30. The van der Waals surface area contributed by atoms with Crippen LogP contribution >= 0.6 is 43.5 Å². The molecule has 1 unspecified atom stereocenters. The van der Waals surface area contributed by atoms with Crippen LogP contribution in [0.1, 0.15) is 16.0 Å². The highest BCUT2D eigenvalue weighted by Crippen LogP contribution is 2.41. The molecule has 5 heteroatoms. The molecule has 0 spiro atoms. The fraction of sp³-hybridized carbons (Fsp3) is 0.200. The Hall–Kier alpha value is -0.710. The van der Waals surface area contributed by atoms with E-state index in [1.54, 1.807) is 14.2 Å². The van der Waals surface area contributed by atoms with Gasteiger partial charge in [-0.15, -0.1) is 0 Å². The van der Waals surface area contributed by atoms with E-state index in [-0.39, 0.29) is 4.83 Å². The van der Waals surface area contributed by atoms with E-state index in [0.717, 1.165) is 27.1 Å². The van der Waals surface area contributed by atoms with E-state index < -0.39 is 0 Å². The molecule has 2 aromatic carbocycles. The summed E-state index contributed by atoms with van der Waals surface area (Å²) in [6.07, 6.45) is 0. The first-order chi connectivity index (χ1) is 9.56. The Morgan fingerprint density at radius 3 is 2.30 bits per heavy atom. The maximum absolute atomic E-state index is 6.30. The van der Waals surface area contributed by atoms with Gasteiger partial charge in [-0.3, -0.25) is 0 Å². The minimum Gasteiger partial charge on any atom is -0.497 e. The Balaban J connectivity index is 2.44. The van der Waals surface area contributed by atoms with Crippen molar-refractivity contribution in [2.75, 3.05) is 14.2 Å². The lowest BCUT2D eigenvalue weighted by molar-refractivity contribution is 0.391. The third-order valence-electron chi connectivity index (χ3n) is 2.95. The average Bonchev–Trinajstić information content (AvgIpc) is 2.46. The average molecular weight is 421 g/mol. The van der Waals surface area contributed by atoms with Gasteiger partial charge < -0.3 is 9.47 Å². The second-order valence-corrected chi connectivity index (χ2v) is 6.37. The van der Waals surface area contributed by atoms with Gasteiger partial charge in [0.25, 0.3) is 0 Å². The summed E-state index contributed by atoms with van der Waals surface area (Å²) in [4.78, 5) is -0.0519. The molecular weight excluding hydrogens is 407 g/mol. The van der Waals surface area contributed by atoms with Crippen molar-refractivity contribution in [3.05, 3.63) is 57.0 Å². The largest absolute Gasteiger partial charge is 0.497 e. The van der Waals surface area contributed by atoms with Crippen LogP contribution in [-0.2, 0) is 0 Å². The number of alkyl halides is 1. The van der Waals surface area contributed by atoms with Crippen molar-refractivity contribution in [3.63, 3.8) is 0 Å². The molecule has 0 bridgehead atoms. The van der Waals surface area contributed by atoms with E-state index in [0.29, 0.717) is 5.02 Å². The van der Waals surface area contributed by atoms with Crippen molar-refractivity contribution in [1.29, 1.82) is 0 Å². The smallest absolute Gasteiger partial charge is 0.127 e. The Kier molecular flexibility index (Phi) is 5.35. The minimum absolute atomic E-state index is 0.0519. The molecule has 0 aliphatic heterocycles. The van der Waals surface area contributed by atoms with Crippen LogP contribution in [0, 0.1) is 0 Å². The van der Waals surface area contributed by atoms with Gasteiger partial charge in [0.05, 0.1) is 19.0 Å². The lowest BCUT2D eigenvalue weighted by Crippen LogP contribution is -1.98. The molecule has 106 valence electrons. The monoisotopic (exact) mass is 418 g/mol. The van der Waals surface area contributed by atoms with E-state index in [9.17, 15) is 0 Å². The van der Waals surface area contributed by atoms with E-state index >= 15 is 0 Å². The third-order valence-corrected chi connectivity index (χ3v) is 4.76. The van der Waals surface area contributed by atoms with Crippen molar-refractivity contribution < 1.29 is 9.47 Å². The summed E-state index contributed by atoms with van der Waals surface area (Å²) in [5, 5.41) is 0.694. The normalized spacial score (nSPS) is 12.1. The Morgan fingerprint density at radius 1 is 1.00 bits per heavy atom. The quantitative estimate of drug-likeness (QED) is 0.599. The number of ether oxygens (including phenoxy) is 2. The zero-order valence-electron chi connectivity index (χ0n) is 11.0. The van der Waals surface area contributed by atoms with Crippen molar-refractivity contribution in [1.82, 2.24) is 0 Å². The molecule has 2 nitrogen and oxygen atoms in total. The van der Waals surface area contributed by atoms with Crippen molar-refractivity contribution in [2.45, 2.75) is 4.83 Å². The molecule has 0 fully saturated rings. The Labute approximate surface area is 140 Å². The first-order valence-electron chi connectivity index (χ1n) is 5.87. The summed E-state index contributed by atoms with van der Waals surface area (Å²) in [6, 6.07) is 11.5. The number of rotatable bonds is 4. The molecule has 0 amide bonds. The van der Waals surface area contributed by atoms with Crippen LogP contribution in [0.3, 0.4) is 0 Å². The van der Waals surface area contributed by atoms with Crippen LogP contribution in [0.15, 0.2) is 40.9 Å². The van der Waals surface area contributed by atoms with Gasteiger partial charge in [0.15, 0.2) is 0 Å². The van der Waals surface area contributed by atoms with Gasteiger partial charge in [-0.2, -0.15) is 0 Å². The van der Waals surface area contributed by atoms with Crippen LogP contribution in [-0.4, -0.2) is 14.2 Å². The molecule has 0 saturated carbocycles. The zero-order chi connectivity index (χ0) is 14.7. The molecule has 2 aromatic rings. The number of hydrogen-bond acceptors (Lipinski definition) is 2. The molecule has 0 aliphatic rings.